The van der Waals surface area contributed by atoms with Crippen LogP contribution < -0.4 is 15.1 Å². The van der Waals surface area contributed by atoms with Gasteiger partial charge in [0, 0.05) is 56.4 Å². The zero-order valence-corrected chi connectivity index (χ0v) is 20.2. The Kier molecular flexibility index (Phi) is 6.57. The summed E-state index contributed by atoms with van der Waals surface area (Å²) in [6.07, 6.45) is 6.07. The van der Waals surface area contributed by atoms with Crippen LogP contribution >= 0.6 is 0 Å². The first-order valence-corrected chi connectivity index (χ1v) is 12.1. The normalized spacial score (nSPS) is 13.9. The lowest BCUT2D eigenvalue weighted by molar-refractivity contribution is -0.116. The molecule has 0 aliphatic carbocycles. The Bertz CT molecular complexity index is 1300. The van der Waals surface area contributed by atoms with Gasteiger partial charge in [-0.05, 0) is 53.4 Å². The molecule has 0 atom stereocenters. The van der Waals surface area contributed by atoms with Gasteiger partial charge in [-0.25, -0.2) is 4.98 Å². The molecule has 0 spiro atoms. The number of amides is 1. The second-order valence-corrected chi connectivity index (χ2v) is 9.33. The van der Waals surface area contributed by atoms with Crippen LogP contribution in [0, 0.1) is 5.92 Å². The molecule has 1 N–H and O–H groups in total. The summed E-state index contributed by atoms with van der Waals surface area (Å²) in [4.78, 5) is 30.4. The zero-order valence-electron chi connectivity index (χ0n) is 20.2. The highest BCUT2D eigenvalue weighted by atomic mass is 16.1. The molecular formula is C28H30N6O. The van der Waals surface area contributed by atoms with Gasteiger partial charge in [-0.15, -0.1) is 0 Å². The molecular weight excluding hydrogens is 436 g/mol. The number of benzene rings is 2. The van der Waals surface area contributed by atoms with Crippen LogP contribution in [0.4, 0.5) is 17.2 Å². The fourth-order valence-electron chi connectivity index (χ4n) is 4.41. The quantitative estimate of drug-likeness (QED) is 0.431. The number of hydrogen-bond donors (Lipinski definition) is 1. The average molecular weight is 467 g/mol. The van der Waals surface area contributed by atoms with E-state index in [-0.39, 0.29) is 5.91 Å². The number of rotatable bonds is 6. The number of carbonyl (C=O) groups excluding carboxylic acids is 1. The molecule has 0 bridgehead atoms. The molecule has 1 amide bonds. The van der Waals surface area contributed by atoms with Crippen LogP contribution in [0.25, 0.3) is 22.2 Å². The van der Waals surface area contributed by atoms with E-state index >= 15 is 0 Å². The maximum atomic E-state index is 12.0. The van der Waals surface area contributed by atoms with Gasteiger partial charge in [0.2, 0.25) is 5.91 Å². The molecule has 178 valence electrons. The maximum absolute atomic E-state index is 12.0. The topological polar surface area (TPSA) is 74.2 Å². The second-order valence-electron chi connectivity index (χ2n) is 9.33. The Morgan fingerprint density at radius 3 is 2.29 bits per heavy atom. The minimum atomic E-state index is 0.0443. The summed E-state index contributed by atoms with van der Waals surface area (Å²) in [5.74, 6) is 1.29. The largest absolute Gasteiger partial charge is 0.368 e. The highest BCUT2D eigenvalue weighted by molar-refractivity contribution is 5.91. The minimum Gasteiger partial charge on any atom is -0.368 e. The summed E-state index contributed by atoms with van der Waals surface area (Å²) in [6.45, 7) is 7.74. The SMILES string of the molecule is CC(C)CC(=O)Nc1ccc(-c2ccc3ncc(N4CCN(c5ccncc5)CC4)nc3c2)cc1. The van der Waals surface area contributed by atoms with Crippen molar-refractivity contribution in [2.24, 2.45) is 5.92 Å². The van der Waals surface area contributed by atoms with Crippen LogP contribution in [0.3, 0.4) is 0 Å². The maximum Gasteiger partial charge on any atom is 0.224 e. The fraction of sp³-hybridized carbons (Fsp3) is 0.286. The molecule has 1 aliphatic heterocycles. The molecule has 35 heavy (non-hydrogen) atoms. The molecule has 1 fully saturated rings. The number of pyridine rings is 1. The van der Waals surface area contributed by atoms with Crippen molar-refractivity contribution in [1.82, 2.24) is 15.0 Å². The predicted octanol–water partition coefficient (Wildman–Crippen LogP) is 5.00. The van der Waals surface area contributed by atoms with E-state index in [2.05, 4.69) is 49.4 Å². The molecule has 0 unspecified atom stereocenters. The monoisotopic (exact) mass is 466 g/mol. The molecule has 0 saturated carbocycles. The number of anilines is 3. The zero-order chi connectivity index (χ0) is 24.2. The number of nitrogens with one attached hydrogen (secondary N) is 1. The van der Waals surface area contributed by atoms with Gasteiger partial charge in [0.15, 0.2) is 0 Å². The molecule has 1 saturated heterocycles. The number of nitrogens with zero attached hydrogens (tertiary/aromatic N) is 5. The van der Waals surface area contributed by atoms with Crippen molar-refractivity contribution in [1.29, 1.82) is 0 Å². The number of hydrogen-bond acceptors (Lipinski definition) is 6. The van der Waals surface area contributed by atoms with Gasteiger partial charge in [0.05, 0.1) is 17.2 Å². The Labute approximate surface area is 205 Å². The summed E-state index contributed by atoms with van der Waals surface area (Å²) in [7, 11) is 0. The molecule has 7 nitrogen and oxygen atoms in total. The lowest BCUT2D eigenvalue weighted by atomic mass is 10.0. The lowest BCUT2D eigenvalue weighted by Gasteiger charge is -2.36. The van der Waals surface area contributed by atoms with E-state index in [1.54, 1.807) is 0 Å². The Balaban J connectivity index is 1.29. The number of aromatic nitrogens is 3. The van der Waals surface area contributed by atoms with E-state index in [1.165, 1.54) is 5.69 Å². The number of fused-ring (bicyclic) bond motifs is 1. The van der Waals surface area contributed by atoms with E-state index in [0.29, 0.717) is 12.3 Å². The first-order valence-electron chi connectivity index (χ1n) is 12.1. The van der Waals surface area contributed by atoms with Gasteiger partial charge < -0.3 is 15.1 Å². The van der Waals surface area contributed by atoms with E-state index < -0.39 is 0 Å². The smallest absolute Gasteiger partial charge is 0.224 e. The molecule has 0 radical (unpaired) electrons. The van der Waals surface area contributed by atoms with Gasteiger partial charge in [-0.1, -0.05) is 32.0 Å². The van der Waals surface area contributed by atoms with Crippen molar-refractivity contribution in [3.63, 3.8) is 0 Å². The van der Waals surface area contributed by atoms with Gasteiger partial charge in [0.1, 0.15) is 5.82 Å². The number of carbonyl (C=O) groups is 1. The molecule has 4 aromatic rings. The molecule has 3 heterocycles. The van der Waals surface area contributed by atoms with Crippen molar-refractivity contribution in [3.8, 4) is 11.1 Å². The third kappa shape index (κ3) is 5.40. The molecule has 2 aromatic carbocycles. The summed E-state index contributed by atoms with van der Waals surface area (Å²) in [6, 6.07) is 18.2. The van der Waals surface area contributed by atoms with Crippen LogP contribution in [-0.2, 0) is 4.79 Å². The molecule has 1 aliphatic rings. The second kappa shape index (κ2) is 10.1. The standard InChI is InChI=1S/C28H30N6O/c1-20(2)17-28(35)31-23-6-3-21(4-7-23)22-5-8-25-26(18-22)32-27(19-30-25)34-15-13-33(14-16-34)24-9-11-29-12-10-24/h3-12,18-20H,13-17H2,1-2H3,(H,31,35). The summed E-state index contributed by atoms with van der Waals surface area (Å²) < 4.78 is 0. The van der Waals surface area contributed by atoms with E-state index in [9.17, 15) is 4.79 Å². The van der Waals surface area contributed by atoms with E-state index in [0.717, 1.165) is 59.8 Å². The van der Waals surface area contributed by atoms with E-state index in [1.807, 2.05) is 62.8 Å². The fourth-order valence-corrected chi connectivity index (χ4v) is 4.41. The van der Waals surface area contributed by atoms with Crippen molar-refractivity contribution >= 4 is 34.1 Å². The Hall–Kier alpha value is -4.00. The van der Waals surface area contributed by atoms with Gasteiger partial charge in [0.25, 0.3) is 0 Å². The van der Waals surface area contributed by atoms with Crippen LogP contribution in [0.15, 0.2) is 73.2 Å². The first-order chi connectivity index (χ1) is 17.0. The minimum absolute atomic E-state index is 0.0443. The van der Waals surface area contributed by atoms with Crippen LogP contribution in [0.2, 0.25) is 0 Å². The third-order valence-corrected chi connectivity index (χ3v) is 6.26. The molecule has 2 aromatic heterocycles. The Morgan fingerprint density at radius 2 is 1.57 bits per heavy atom. The number of piperazine rings is 1. The van der Waals surface area contributed by atoms with Crippen molar-refractivity contribution in [2.75, 3.05) is 41.3 Å². The summed E-state index contributed by atoms with van der Waals surface area (Å²) in [5.41, 5.74) is 5.93. The summed E-state index contributed by atoms with van der Waals surface area (Å²) in [5, 5.41) is 2.97. The van der Waals surface area contributed by atoms with Crippen LogP contribution in [0.5, 0.6) is 0 Å². The highest BCUT2D eigenvalue weighted by Crippen LogP contribution is 2.26. The highest BCUT2D eigenvalue weighted by Gasteiger charge is 2.19. The molecule has 5 rings (SSSR count). The third-order valence-electron chi connectivity index (χ3n) is 6.26. The van der Waals surface area contributed by atoms with Gasteiger partial charge in [-0.3, -0.25) is 14.8 Å². The molecule has 7 heteroatoms. The summed E-state index contributed by atoms with van der Waals surface area (Å²) >= 11 is 0. The lowest BCUT2D eigenvalue weighted by Crippen LogP contribution is -2.46. The average Bonchev–Trinajstić information content (AvgIpc) is 2.88. The van der Waals surface area contributed by atoms with Crippen LogP contribution in [-0.4, -0.2) is 47.0 Å². The predicted molar refractivity (Wildman–Crippen MR) is 142 cm³/mol. The Morgan fingerprint density at radius 1 is 0.886 bits per heavy atom. The van der Waals surface area contributed by atoms with Crippen molar-refractivity contribution in [2.45, 2.75) is 20.3 Å². The van der Waals surface area contributed by atoms with Crippen LogP contribution in [0.1, 0.15) is 20.3 Å². The van der Waals surface area contributed by atoms with Gasteiger partial charge in [-0.2, -0.15) is 0 Å². The van der Waals surface area contributed by atoms with E-state index in [4.69, 9.17) is 4.98 Å². The van der Waals surface area contributed by atoms with Crippen molar-refractivity contribution in [3.05, 3.63) is 73.2 Å². The first kappa shape index (κ1) is 22.8. The van der Waals surface area contributed by atoms with Gasteiger partial charge >= 0.3 is 0 Å². The van der Waals surface area contributed by atoms with Crippen molar-refractivity contribution < 1.29 is 4.79 Å².